The average Bonchev–Trinajstić information content (AvgIpc) is 2.65. The number of benzene rings is 3. The molecule has 0 aromatic heterocycles. The standard InChI is InChI=1S/C25H26Cl2O3S/c1-15(2)22-8-6-5-7-18(22)11-19-10-16(3)9-17(4)25(19)31(29,30)14-20-12-21(26)13-23(27)24(20)28/h5-10,12-13,15,28H,11,14H2,1-4H3. The number of rotatable bonds is 6. The fourth-order valence-corrected chi connectivity index (χ4v) is 6.48. The van der Waals surface area contributed by atoms with Gasteiger partial charge in [-0.2, -0.15) is 0 Å². The Hall–Kier alpha value is -2.01. The molecule has 3 aromatic carbocycles. The van der Waals surface area contributed by atoms with Crippen molar-refractivity contribution in [3.8, 4) is 5.75 Å². The molecule has 0 unspecified atom stereocenters. The van der Waals surface area contributed by atoms with E-state index in [1.807, 2.05) is 44.2 Å². The number of halogens is 2. The zero-order chi connectivity index (χ0) is 22.9. The lowest BCUT2D eigenvalue weighted by atomic mass is 9.92. The molecule has 0 fully saturated rings. The largest absolute Gasteiger partial charge is 0.506 e. The maximum atomic E-state index is 13.5. The highest BCUT2D eigenvalue weighted by Crippen LogP contribution is 2.35. The van der Waals surface area contributed by atoms with Gasteiger partial charge in [-0.05, 0) is 60.6 Å². The molecule has 0 saturated carbocycles. The van der Waals surface area contributed by atoms with E-state index in [4.69, 9.17) is 23.2 Å². The molecule has 3 aromatic rings. The predicted octanol–water partition coefficient (Wildman–Crippen LogP) is 7.00. The van der Waals surface area contributed by atoms with E-state index in [-0.39, 0.29) is 27.1 Å². The van der Waals surface area contributed by atoms with Gasteiger partial charge < -0.3 is 5.11 Å². The molecule has 164 valence electrons. The van der Waals surface area contributed by atoms with Crippen LogP contribution in [0.5, 0.6) is 5.75 Å². The Kier molecular flexibility index (Phi) is 7.04. The Bertz CT molecular complexity index is 1230. The van der Waals surface area contributed by atoms with Crippen LogP contribution in [0.4, 0.5) is 0 Å². The van der Waals surface area contributed by atoms with Crippen molar-refractivity contribution in [1.29, 1.82) is 0 Å². The molecule has 31 heavy (non-hydrogen) atoms. The van der Waals surface area contributed by atoms with Gasteiger partial charge in [0.2, 0.25) is 0 Å². The molecule has 0 aliphatic heterocycles. The summed E-state index contributed by atoms with van der Waals surface area (Å²) in [5.74, 6) is -0.319. The van der Waals surface area contributed by atoms with E-state index in [9.17, 15) is 13.5 Å². The van der Waals surface area contributed by atoms with E-state index in [0.717, 1.165) is 16.7 Å². The molecule has 0 aliphatic rings. The Labute approximate surface area is 194 Å². The topological polar surface area (TPSA) is 54.4 Å². The minimum atomic E-state index is -3.78. The van der Waals surface area contributed by atoms with Gasteiger partial charge in [-0.25, -0.2) is 8.42 Å². The Balaban J connectivity index is 2.12. The zero-order valence-corrected chi connectivity index (χ0v) is 20.4. The van der Waals surface area contributed by atoms with Crippen LogP contribution < -0.4 is 0 Å². The Morgan fingerprint density at radius 3 is 2.29 bits per heavy atom. The molecule has 3 nitrogen and oxygen atoms in total. The summed E-state index contributed by atoms with van der Waals surface area (Å²) in [7, 11) is -3.78. The first-order chi connectivity index (χ1) is 14.5. The number of hydrogen-bond acceptors (Lipinski definition) is 3. The van der Waals surface area contributed by atoms with Crippen LogP contribution in [-0.4, -0.2) is 13.5 Å². The molecule has 0 atom stereocenters. The maximum absolute atomic E-state index is 13.5. The van der Waals surface area contributed by atoms with Gasteiger partial charge in [0.05, 0.1) is 15.7 Å². The van der Waals surface area contributed by atoms with Crippen molar-refractivity contribution in [3.63, 3.8) is 0 Å². The molecule has 0 radical (unpaired) electrons. The van der Waals surface area contributed by atoms with Crippen molar-refractivity contribution in [2.45, 2.75) is 50.7 Å². The fraction of sp³-hybridized carbons (Fsp3) is 0.280. The van der Waals surface area contributed by atoms with Gasteiger partial charge in [-0.3, -0.25) is 0 Å². The van der Waals surface area contributed by atoms with Crippen LogP contribution in [0.1, 0.15) is 53.1 Å². The third-order valence-electron chi connectivity index (χ3n) is 5.32. The summed E-state index contributed by atoms with van der Waals surface area (Å²) >= 11 is 12.0. The summed E-state index contributed by atoms with van der Waals surface area (Å²) < 4.78 is 27.1. The normalized spacial score (nSPS) is 11.8. The summed E-state index contributed by atoms with van der Waals surface area (Å²) in [6.45, 7) is 8.03. The first kappa shape index (κ1) is 23.6. The lowest BCUT2D eigenvalue weighted by molar-refractivity contribution is 0.470. The Morgan fingerprint density at radius 1 is 0.935 bits per heavy atom. The molecule has 0 amide bonds. The van der Waals surface area contributed by atoms with Crippen molar-refractivity contribution in [2.75, 3.05) is 0 Å². The molecular weight excluding hydrogens is 451 g/mol. The number of aromatic hydroxyl groups is 1. The summed E-state index contributed by atoms with van der Waals surface area (Å²) in [4.78, 5) is 0.298. The fourth-order valence-electron chi connectivity index (χ4n) is 4.09. The van der Waals surface area contributed by atoms with Gasteiger partial charge in [0.25, 0.3) is 0 Å². The lowest BCUT2D eigenvalue weighted by Crippen LogP contribution is -2.12. The van der Waals surface area contributed by atoms with E-state index in [1.165, 1.54) is 17.7 Å². The minimum Gasteiger partial charge on any atom is -0.506 e. The molecular formula is C25H26Cl2O3S. The lowest BCUT2D eigenvalue weighted by Gasteiger charge is -2.18. The second-order valence-corrected chi connectivity index (χ2v) is 11.0. The highest BCUT2D eigenvalue weighted by Gasteiger charge is 2.25. The molecule has 0 heterocycles. The second kappa shape index (κ2) is 9.23. The van der Waals surface area contributed by atoms with Crippen molar-refractivity contribution < 1.29 is 13.5 Å². The molecule has 0 aliphatic carbocycles. The van der Waals surface area contributed by atoms with Crippen molar-refractivity contribution in [2.24, 2.45) is 0 Å². The van der Waals surface area contributed by atoms with E-state index in [0.29, 0.717) is 22.8 Å². The van der Waals surface area contributed by atoms with Crippen molar-refractivity contribution in [3.05, 3.63) is 92.0 Å². The maximum Gasteiger partial charge on any atom is 0.183 e. The molecule has 6 heteroatoms. The highest BCUT2D eigenvalue weighted by atomic mass is 35.5. The molecule has 0 bridgehead atoms. The van der Waals surface area contributed by atoms with Crippen LogP contribution in [0, 0.1) is 13.8 Å². The van der Waals surface area contributed by atoms with E-state index >= 15 is 0 Å². The van der Waals surface area contributed by atoms with E-state index < -0.39 is 9.84 Å². The zero-order valence-electron chi connectivity index (χ0n) is 18.0. The SMILES string of the molecule is Cc1cc(C)c(S(=O)(=O)Cc2cc(Cl)cc(Cl)c2O)c(Cc2ccccc2C(C)C)c1. The number of phenolic OH excluding ortho intramolecular Hbond substituents is 1. The second-order valence-electron chi connectivity index (χ2n) is 8.25. The van der Waals surface area contributed by atoms with Gasteiger partial charge in [-0.15, -0.1) is 0 Å². The van der Waals surface area contributed by atoms with E-state index in [2.05, 4.69) is 19.9 Å². The first-order valence-electron chi connectivity index (χ1n) is 10.1. The van der Waals surface area contributed by atoms with Crippen LogP contribution in [0.15, 0.2) is 53.4 Å². The van der Waals surface area contributed by atoms with Crippen LogP contribution >= 0.6 is 23.2 Å². The van der Waals surface area contributed by atoms with Gasteiger partial charge in [-0.1, -0.05) is 79.0 Å². The molecule has 3 rings (SSSR count). The third-order valence-corrected chi connectivity index (χ3v) is 7.72. The average molecular weight is 477 g/mol. The van der Waals surface area contributed by atoms with Crippen LogP contribution in [0.2, 0.25) is 10.0 Å². The summed E-state index contributed by atoms with van der Waals surface area (Å²) in [6.07, 6.45) is 0.508. The molecule has 1 N–H and O–H groups in total. The van der Waals surface area contributed by atoms with Gasteiger partial charge in [0.1, 0.15) is 5.75 Å². The number of aryl methyl sites for hydroxylation is 2. The smallest absolute Gasteiger partial charge is 0.183 e. The van der Waals surface area contributed by atoms with Crippen molar-refractivity contribution >= 4 is 33.0 Å². The summed E-state index contributed by atoms with van der Waals surface area (Å²) in [5, 5.41) is 10.6. The number of phenols is 1. The number of sulfone groups is 1. The van der Waals surface area contributed by atoms with Crippen LogP contribution in [-0.2, 0) is 22.0 Å². The monoisotopic (exact) mass is 476 g/mol. The van der Waals surface area contributed by atoms with Crippen molar-refractivity contribution in [1.82, 2.24) is 0 Å². The van der Waals surface area contributed by atoms with Gasteiger partial charge >= 0.3 is 0 Å². The minimum absolute atomic E-state index is 0.0319. The van der Waals surface area contributed by atoms with Gasteiger partial charge in [0, 0.05) is 10.6 Å². The molecule has 0 spiro atoms. The first-order valence-corrected chi connectivity index (χ1v) is 12.5. The molecule has 0 saturated heterocycles. The van der Waals surface area contributed by atoms with Gasteiger partial charge in [0.15, 0.2) is 9.84 Å². The quantitative estimate of drug-likeness (QED) is 0.416. The predicted molar refractivity (Wildman–Crippen MR) is 128 cm³/mol. The van der Waals surface area contributed by atoms with Crippen LogP contribution in [0.25, 0.3) is 0 Å². The summed E-state index contributed by atoms with van der Waals surface area (Å²) in [6, 6.07) is 14.7. The van der Waals surface area contributed by atoms with Crippen LogP contribution in [0.3, 0.4) is 0 Å². The highest BCUT2D eigenvalue weighted by molar-refractivity contribution is 7.90. The van der Waals surface area contributed by atoms with E-state index in [1.54, 1.807) is 0 Å². The summed E-state index contributed by atoms with van der Waals surface area (Å²) in [5.41, 5.74) is 4.92. The number of hydrogen-bond donors (Lipinski definition) is 1. The third kappa shape index (κ3) is 5.25. The Morgan fingerprint density at radius 2 is 1.61 bits per heavy atom.